The molecule has 4 aromatic heterocycles. The number of alkyl carbamates (subject to hydrolysis) is 2. The molecule has 6 rings (SSSR count). The molecule has 4 aromatic rings. The SMILES string of the molecule is COC(=O)N[C@H](C(=O)N1CCC[C@H]1c1ncc(C#Cc2cc3sc(-c4cnc([C@@H]5CCCN5C(=O)[C@@H](NC(=O)OC)C(C)C)[nH]4)cc3s2)[nH]1)C(C)C. The maximum atomic E-state index is 13.5. The number of ether oxygens (including phenoxy) is 2. The number of likely N-dealkylation sites (tertiary alicyclic amines) is 2. The van der Waals surface area contributed by atoms with Gasteiger partial charge in [0.15, 0.2) is 0 Å². The van der Waals surface area contributed by atoms with Gasteiger partial charge in [0.05, 0.1) is 54.1 Å². The van der Waals surface area contributed by atoms with E-state index < -0.39 is 24.3 Å². The summed E-state index contributed by atoms with van der Waals surface area (Å²) in [4.78, 5) is 72.3. The molecule has 4 N–H and O–H groups in total. The molecule has 2 aliphatic rings. The van der Waals surface area contributed by atoms with Crippen LogP contribution in [0.3, 0.4) is 0 Å². The number of carbonyl (C=O) groups is 4. The lowest BCUT2D eigenvalue weighted by atomic mass is 10.0. The lowest BCUT2D eigenvalue weighted by Gasteiger charge is -2.30. The first-order valence-corrected chi connectivity index (χ1v) is 19.1. The Bertz CT molecular complexity index is 1970. The maximum absolute atomic E-state index is 13.5. The molecule has 0 bridgehead atoms. The molecule has 276 valence electrons. The van der Waals surface area contributed by atoms with Crippen molar-refractivity contribution < 1.29 is 28.7 Å². The second-order valence-corrected chi connectivity index (χ2v) is 15.8. The van der Waals surface area contributed by atoms with Crippen molar-refractivity contribution in [3.63, 3.8) is 0 Å². The zero-order valence-corrected chi connectivity index (χ0v) is 31.7. The molecule has 0 saturated carbocycles. The molecular formula is C36H44N8O6S2. The Hall–Kier alpha value is -4.88. The van der Waals surface area contributed by atoms with E-state index >= 15 is 0 Å². The Kier molecular flexibility index (Phi) is 11.2. The van der Waals surface area contributed by atoms with E-state index in [1.807, 2.05) is 33.9 Å². The van der Waals surface area contributed by atoms with Gasteiger partial charge in [0.25, 0.3) is 0 Å². The van der Waals surface area contributed by atoms with Gasteiger partial charge in [-0.3, -0.25) is 9.59 Å². The summed E-state index contributed by atoms with van der Waals surface area (Å²) in [5.41, 5.74) is 1.54. The minimum absolute atomic E-state index is 0.104. The number of aromatic amines is 2. The number of amides is 4. The van der Waals surface area contributed by atoms with Crippen molar-refractivity contribution in [2.45, 2.75) is 77.5 Å². The van der Waals surface area contributed by atoms with Crippen LogP contribution in [0.5, 0.6) is 0 Å². The molecule has 2 aliphatic heterocycles. The van der Waals surface area contributed by atoms with Gasteiger partial charge in [-0.1, -0.05) is 27.7 Å². The third-order valence-corrected chi connectivity index (χ3v) is 11.7. The van der Waals surface area contributed by atoms with E-state index in [9.17, 15) is 19.2 Å². The molecule has 0 aromatic carbocycles. The molecule has 2 saturated heterocycles. The highest BCUT2D eigenvalue weighted by atomic mass is 32.1. The van der Waals surface area contributed by atoms with E-state index in [0.717, 1.165) is 56.4 Å². The van der Waals surface area contributed by atoms with Gasteiger partial charge in [0.2, 0.25) is 11.8 Å². The van der Waals surface area contributed by atoms with E-state index in [1.54, 1.807) is 38.7 Å². The topological polar surface area (TPSA) is 175 Å². The molecule has 2 fully saturated rings. The van der Waals surface area contributed by atoms with Gasteiger partial charge < -0.3 is 39.9 Å². The Morgan fingerprint density at radius 3 is 1.87 bits per heavy atom. The van der Waals surface area contributed by atoms with Gasteiger partial charge >= 0.3 is 12.2 Å². The number of aromatic nitrogens is 4. The summed E-state index contributed by atoms with van der Waals surface area (Å²) in [5, 5.41) is 5.36. The zero-order chi connectivity index (χ0) is 37.1. The van der Waals surface area contributed by atoms with Crippen molar-refractivity contribution in [2.75, 3.05) is 27.3 Å². The predicted molar refractivity (Wildman–Crippen MR) is 198 cm³/mol. The van der Waals surface area contributed by atoms with Crippen LogP contribution >= 0.6 is 22.7 Å². The van der Waals surface area contributed by atoms with Crippen molar-refractivity contribution in [1.29, 1.82) is 0 Å². The van der Waals surface area contributed by atoms with Crippen LogP contribution in [0, 0.1) is 23.7 Å². The molecule has 0 aliphatic carbocycles. The fourth-order valence-corrected chi connectivity index (χ4v) is 8.96. The summed E-state index contributed by atoms with van der Waals surface area (Å²) in [6.07, 6.45) is 5.48. The van der Waals surface area contributed by atoms with Crippen molar-refractivity contribution in [3.05, 3.63) is 46.7 Å². The number of imidazole rings is 2. The molecular weight excluding hydrogens is 705 g/mol. The average molecular weight is 749 g/mol. The Morgan fingerprint density at radius 2 is 1.33 bits per heavy atom. The molecule has 52 heavy (non-hydrogen) atoms. The predicted octanol–water partition coefficient (Wildman–Crippen LogP) is 5.56. The van der Waals surface area contributed by atoms with Crippen LogP contribution in [0.1, 0.15) is 87.7 Å². The minimum Gasteiger partial charge on any atom is -0.453 e. The smallest absolute Gasteiger partial charge is 0.407 e. The fourth-order valence-electron chi connectivity index (χ4n) is 6.75. The number of fused-ring (bicyclic) bond motifs is 1. The van der Waals surface area contributed by atoms with E-state index in [1.165, 1.54) is 14.2 Å². The number of carbonyl (C=O) groups excluding carboxylic acids is 4. The van der Waals surface area contributed by atoms with Gasteiger partial charge in [-0.2, -0.15) is 0 Å². The first-order valence-electron chi connectivity index (χ1n) is 17.4. The van der Waals surface area contributed by atoms with Crippen LogP contribution in [-0.2, 0) is 19.1 Å². The quantitative estimate of drug-likeness (QED) is 0.161. The lowest BCUT2D eigenvalue weighted by molar-refractivity contribution is -0.136. The van der Waals surface area contributed by atoms with Gasteiger partial charge in [-0.25, -0.2) is 19.6 Å². The highest BCUT2D eigenvalue weighted by molar-refractivity contribution is 7.29. The first-order chi connectivity index (χ1) is 25.0. The van der Waals surface area contributed by atoms with Crippen LogP contribution in [0.25, 0.3) is 20.0 Å². The number of nitrogens with one attached hydrogen (secondary N) is 4. The normalized spacial score (nSPS) is 18.4. The van der Waals surface area contributed by atoms with E-state index in [0.29, 0.717) is 24.6 Å². The molecule has 0 spiro atoms. The summed E-state index contributed by atoms with van der Waals surface area (Å²) in [7, 11) is 2.57. The number of H-pyrrole nitrogens is 2. The summed E-state index contributed by atoms with van der Waals surface area (Å²) >= 11 is 3.25. The second kappa shape index (κ2) is 15.8. The van der Waals surface area contributed by atoms with Gasteiger partial charge in [0, 0.05) is 22.5 Å². The zero-order valence-electron chi connectivity index (χ0n) is 30.1. The fraction of sp³-hybridized carbons (Fsp3) is 0.500. The number of nitrogens with zero attached hydrogens (tertiary/aromatic N) is 4. The summed E-state index contributed by atoms with van der Waals surface area (Å²) < 4.78 is 11.7. The third-order valence-electron chi connectivity index (χ3n) is 9.47. The molecule has 6 heterocycles. The van der Waals surface area contributed by atoms with Crippen LogP contribution in [0.4, 0.5) is 9.59 Å². The summed E-state index contributed by atoms with van der Waals surface area (Å²) in [5.74, 6) is 7.34. The number of rotatable bonds is 9. The number of hydrogen-bond acceptors (Lipinski definition) is 10. The minimum atomic E-state index is -0.694. The van der Waals surface area contributed by atoms with Crippen molar-refractivity contribution in [1.82, 2.24) is 40.4 Å². The first kappa shape index (κ1) is 36.9. The molecule has 14 nitrogen and oxygen atoms in total. The Balaban J connectivity index is 1.12. The monoisotopic (exact) mass is 748 g/mol. The average Bonchev–Trinajstić information content (AvgIpc) is 3.96. The van der Waals surface area contributed by atoms with Crippen LogP contribution < -0.4 is 10.6 Å². The summed E-state index contributed by atoms with van der Waals surface area (Å²) in [6, 6.07) is 2.39. The standard InChI is InChI=1S/C36H44N8O6S2/c1-19(2)29(41-35(47)49-5)33(45)43-13-7-9-24(43)31-37-17-21(39-31)11-12-22-15-27-28(51-22)16-26(52-27)23-18-38-32(40-23)25-10-8-14-44(25)34(46)30(20(3)4)42-36(48)50-6/h15-20,24-25,29-30H,7-10,13-14H2,1-6H3,(H,37,39)(H,38,40)(H,41,47)(H,42,48)/t24-,25-,29-,30-/m0/s1. The van der Waals surface area contributed by atoms with Gasteiger partial charge in [-0.05, 0) is 61.5 Å². The number of thiophene rings is 2. The molecule has 0 radical (unpaired) electrons. The van der Waals surface area contributed by atoms with Crippen LogP contribution in [-0.4, -0.2) is 93.1 Å². The van der Waals surface area contributed by atoms with Gasteiger partial charge in [0.1, 0.15) is 29.4 Å². The van der Waals surface area contributed by atoms with Crippen molar-refractivity contribution >= 4 is 56.1 Å². The van der Waals surface area contributed by atoms with E-state index in [4.69, 9.17) is 9.47 Å². The number of hydrogen-bond donors (Lipinski definition) is 4. The van der Waals surface area contributed by atoms with Crippen molar-refractivity contribution in [2.24, 2.45) is 11.8 Å². The third kappa shape index (κ3) is 7.80. The highest BCUT2D eigenvalue weighted by Gasteiger charge is 2.39. The van der Waals surface area contributed by atoms with Crippen LogP contribution in [0.2, 0.25) is 0 Å². The maximum Gasteiger partial charge on any atom is 0.407 e. The molecule has 4 atom stereocenters. The van der Waals surface area contributed by atoms with E-state index in [2.05, 4.69) is 54.5 Å². The highest BCUT2D eigenvalue weighted by Crippen LogP contribution is 2.39. The lowest BCUT2D eigenvalue weighted by Crippen LogP contribution is -2.51. The largest absolute Gasteiger partial charge is 0.453 e. The molecule has 4 amide bonds. The molecule has 16 heteroatoms. The molecule has 0 unspecified atom stereocenters. The number of methoxy groups -OCH3 is 2. The van der Waals surface area contributed by atoms with Gasteiger partial charge in [-0.15, -0.1) is 22.7 Å². The van der Waals surface area contributed by atoms with Crippen LogP contribution in [0.15, 0.2) is 24.5 Å². The summed E-state index contributed by atoms with van der Waals surface area (Å²) in [6.45, 7) is 8.75. The second-order valence-electron chi connectivity index (χ2n) is 13.7. The Labute approximate surface area is 310 Å². The van der Waals surface area contributed by atoms with Crippen molar-refractivity contribution in [3.8, 4) is 22.4 Å². The Morgan fingerprint density at radius 1 is 0.788 bits per heavy atom. The van der Waals surface area contributed by atoms with E-state index in [-0.39, 0.29) is 35.7 Å².